The molecule has 8 heteroatoms. The first-order valence-corrected chi connectivity index (χ1v) is 8.98. The molecule has 28 heavy (non-hydrogen) atoms. The molecule has 0 aliphatic carbocycles. The Kier molecular flexibility index (Phi) is 5.08. The number of fused-ring (bicyclic) bond motifs is 2. The highest BCUT2D eigenvalue weighted by Gasteiger charge is 2.21. The number of amides is 1. The third-order valence-electron chi connectivity index (χ3n) is 4.11. The van der Waals surface area contributed by atoms with Crippen molar-refractivity contribution in [2.45, 2.75) is 6.10 Å². The maximum absolute atomic E-state index is 12.1. The number of ether oxygens (including phenoxy) is 3. The molecule has 1 amide bonds. The molecule has 0 saturated heterocycles. The van der Waals surface area contributed by atoms with Crippen molar-refractivity contribution in [2.24, 2.45) is 0 Å². The molecule has 1 aliphatic rings. The summed E-state index contributed by atoms with van der Waals surface area (Å²) < 4.78 is 21.7. The number of nitrogens with one attached hydrogen (secondary N) is 1. The molecule has 0 bridgehead atoms. The number of halogens is 1. The van der Waals surface area contributed by atoms with Crippen LogP contribution in [0, 0.1) is 0 Å². The molecule has 0 unspecified atom stereocenters. The van der Waals surface area contributed by atoms with E-state index >= 15 is 0 Å². The van der Waals surface area contributed by atoms with Crippen LogP contribution in [0.2, 0.25) is 5.02 Å². The predicted octanol–water partition coefficient (Wildman–Crippen LogP) is 3.20. The van der Waals surface area contributed by atoms with Gasteiger partial charge in [-0.15, -0.1) is 0 Å². The summed E-state index contributed by atoms with van der Waals surface area (Å²) in [7, 11) is 0. The minimum absolute atomic E-state index is 0.00527. The summed E-state index contributed by atoms with van der Waals surface area (Å²) in [4.78, 5) is 24.0. The molecule has 0 spiro atoms. The second-order valence-corrected chi connectivity index (χ2v) is 6.61. The van der Waals surface area contributed by atoms with E-state index in [4.69, 9.17) is 30.2 Å². The highest BCUT2D eigenvalue weighted by molar-refractivity contribution is 6.31. The molecule has 144 valence electrons. The Morgan fingerprint density at radius 2 is 1.96 bits per heavy atom. The van der Waals surface area contributed by atoms with E-state index in [9.17, 15) is 9.59 Å². The molecule has 7 nitrogen and oxygen atoms in total. The molecular formula is C20H16ClNO6. The van der Waals surface area contributed by atoms with Gasteiger partial charge in [0, 0.05) is 10.4 Å². The van der Waals surface area contributed by atoms with Crippen molar-refractivity contribution in [3.05, 3.63) is 59.3 Å². The summed E-state index contributed by atoms with van der Waals surface area (Å²) >= 11 is 5.91. The van der Waals surface area contributed by atoms with Crippen LogP contribution in [0.3, 0.4) is 0 Å². The van der Waals surface area contributed by atoms with Gasteiger partial charge in [0.2, 0.25) is 5.76 Å². The van der Waals surface area contributed by atoms with Crippen molar-refractivity contribution in [2.75, 3.05) is 19.8 Å². The molecule has 3 aromatic rings. The normalized spacial score (nSPS) is 15.2. The van der Waals surface area contributed by atoms with Gasteiger partial charge in [0.15, 0.2) is 18.1 Å². The fraction of sp³-hybridized carbons (Fsp3) is 0.200. The number of benzene rings is 2. The zero-order valence-electron chi connectivity index (χ0n) is 14.6. The van der Waals surface area contributed by atoms with Gasteiger partial charge in [-0.2, -0.15) is 0 Å². The third kappa shape index (κ3) is 4.04. The quantitative estimate of drug-likeness (QED) is 0.661. The number of hydrogen-bond donors (Lipinski definition) is 1. The number of para-hydroxylation sites is 2. The molecule has 0 radical (unpaired) electrons. The van der Waals surface area contributed by atoms with Crippen LogP contribution in [0.5, 0.6) is 11.5 Å². The lowest BCUT2D eigenvalue weighted by Crippen LogP contribution is -2.42. The summed E-state index contributed by atoms with van der Waals surface area (Å²) in [6.45, 7) is 0.118. The molecule has 0 saturated carbocycles. The molecule has 1 N–H and O–H groups in total. The minimum Gasteiger partial charge on any atom is -0.486 e. The average Bonchev–Trinajstić information content (AvgIpc) is 3.13. The summed E-state index contributed by atoms with van der Waals surface area (Å²) in [5.74, 6) is 0.129. The summed E-state index contributed by atoms with van der Waals surface area (Å²) in [6, 6.07) is 13.8. The van der Waals surface area contributed by atoms with Crippen molar-refractivity contribution in [1.29, 1.82) is 0 Å². The van der Waals surface area contributed by atoms with E-state index in [1.807, 2.05) is 18.2 Å². The Morgan fingerprint density at radius 3 is 2.82 bits per heavy atom. The van der Waals surface area contributed by atoms with Gasteiger partial charge >= 0.3 is 5.97 Å². The average molecular weight is 402 g/mol. The molecule has 2 heterocycles. The van der Waals surface area contributed by atoms with Gasteiger partial charge in [-0.1, -0.05) is 23.7 Å². The van der Waals surface area contributed by atoms with Crippen LogP contribution in [0.4, 0.5) is 0 Å². The van der Waals surface area contributed by atoms with Crippen LogP contribution in [0.1, 0.15) is 10.6 Å². The van der Waals surface area contributed by atoms with Gasteiger partial charge < -0.3 is 23.9 Å². The first-order chi connectivity index (χ1) is 13.6. The third-order valence-corrected chi connectivity index (χ3v) is 4.34. The molecule has 4 rings (SSSR count). The maximum atomic E-state index is 12.1. The standard InChI is InChI=1S/C20H16ClNO6/c21-13-5-6-15-12(7-13)8-18(28-15)20(24)26-11-19(23)22-9-14-10-25-16-3-1-2-4-17(16)27-14/h1-8,14H,9-11H2,(H,22,23)/t14-/m0/s1. The predicted molar refractivity (Wildman–Crippen MR) is 101 cm³/mol. The number of hydrogen-bond acceptors (Lipinski definition) is 6. The lowest BCUT2D eigenvalue weighted by molar-refractivity contribution is -0.124. The van der Waals surface area contributed by atoms with Gasteiger partial charge in [-0.3, -0.25) is 4.79 Å². The second-order valence-electron chi connectivity index (χ2n) is 6.17. The Bertz CT molecular complexity index is 1030. The van der Waals surface area contributed by atoms with E-state index in [2.05, 4.69) is 5.32 Å². The van der Waals surface area contributed by atoms with Crippen LogP contribution < -0.4 is 14.8 Å². The summed E-state index contributed by atoms with van der Waals surface area (Å²) in [5, 5.41) is 3.87. The van der Waals surface area contributed by atoms with E-state index in [1.54, 1.807) is 24.3 Å². The molecule has 1 aliphatic heterocycles. The topological polar surface area (TPSA) is 87.0 Å². The van der Waals surface area contributed by atoms with Gasteiger partial charge in [-0.25, -0.2) is 4.79 Å². The number of carbonyl (C=O) groups excluding carboxylic acids is 2. The van der Waals surface area contributed by atoms with Crippen LogP contribution in [-0.4, -0.2) is 37.7 Å². The molecule has 0 fully saturated rings. The Labute approximate surface area is 165 Å². The molecule has 2 aromatic carbocycles. The van der Waals surface area contributed by atoms with Gasteiger partial charge in [0.05, 0.1) is 6.54 Å². The van der Waals surface area contributed by atoms with Crippen molar-refractivity contribution in [3.8, 4) is 11.5 Å². The van der Waals surface area contributed by atoms with Gasteiger partial charge in [0.1, 0.15) is 18.3 Å². The number of furan rings is 1. The van der Waals surface area contributed by atoms with Crippen LogP contribution in [-0.2, 0) is 9.53 Å². The highest BCUT2D eigenvalue weighted by Crippen LogP contribution is 2.30. The lowest BCUT2D eigenvalue weighted by atomic mass is 10.2. The van der Waals surface area contributed by atoms with Crippen LogP contribution >= 0.6 is 11.6 Å². The zero-order valence-corrected chi connectivity index (χ0v) is 15.4. The zero-order chi connectivity index (χ0) is 19.5. The number of rotatable bonds is 5. The first-order valence-electron chi connectivity index (χ1n) is 8.60. The fourth-order valence-corrected chi connectivity index (χ4v) is 2.94. The summed E-state index contributed by atoms with van der Waals surface area (Å²) in [6.07, 6.45) is -0.324. The Hall–Kier alpha value is -3.19. The van der Waals surface area contributed by atoms with E-state index < -0.39 is 18.5 Å². The van der Waals surface area contributed by atoms with E-state index in [1.165, 1.54) is 6.07 Å². The van der Waals surface area contributed by atoms with Gasteiger partial charge in [-0.05, 0) is 36.4 Å². The fourth-order valence-electron chi connectivity index (χ4n) is 2.76. The molecular weight excluding hydrogens is 386 g/mol. The van der Waals surface area contributed by atoms with Crippen molar-refractivity contribution in [1.82, 2.24) is 5.32 Å². The Morgan fingerprint density at radius 1 is 1.14 bits per heavy atom. The number of carbonyl (C=O) groups is 2. The van der Waals surface area contributed by atoms with Crippen molar-refractivity contribution in [3.63, 3.8) is 0 Å². The molecule has 1 atom stereocenters. The van der Waals surface area contributed by atoms with E-state index in [0.717, 1.165) is 0 Å². The monoisotopic (exact) mass is 401 g/mol. The van der Waals surface area contributed by atoms with Crippen molar-refractivity contribution < 1.29 is 28.2 Å². The Balaban J connectivity index is 1.25. The van der Waals surface area contributed by atoms with Crippen LogP contribution in [0.25, 0.3) is 11.0 Å². The number of esters is 1. The highest BCUT2D eigenvalue weighted by atomic mass is 35.5. The van der Waals surface area contributed by atoms with E-state index in [-0.39, 0.29) is 18.4 Å². The second kappa shape index (κ2) is 7.82. The van der Waals surface area contributed by atoms with E-state index in [0.29, 0.717) is 34.1 Å². The SMILES string of the molecule is O=C(COC(=O)c1cc2cc(Cl)ccc2o1)NC[C@H]1COc2ccccc2O1. The molecule has 1 aromatic heterocycles. The smallest absolute Gasteiger partial charge is 0.374 e. The first kappa shape index (κ1) is 18.2. The lowest BCUT2D eigenvalue weighted by Gasteiger charge is -2.26. The largest absolute Gasteiger partial charge is 0.486 e. The van der Waals surface area contributed by atoms with Gasteiger partial charge in [0.25, 0.3) is 5.91 Å². The minimum atomic E-state index is -0.728. The maximum Gasteiger partial charge on any atom is 0.374 e. The van der Waals surface area contributed by atoms with Crippen molar-refractivity contribution >= 4 is 34.4 Å². The summed E-state index contributed by atoms with van der Waals surface area (Å²) in [5.41, 5.74) is 0.510. The van der Waals surface area contributed by atoms with Crippen LogP contribution in [0.15, 0.2) is 52.9 Å².